The molecule has 0 spiro atoms. The predicted octanol–water partition coefficient (Wildman–Crippen LogP) is 18.2. The summed E-state index contributed by atoms with van der Waals surface area (Å²) in [5, 5.41) is 8.78. The minimum absolute atomic E-state index is 0.438. The number of nitrogens with zero attached hydrogens (tertiary/aromatic N) is 1. The van der Waals surface area contributed by atoms with Crippen LogP contribution in [0.1, 0.15) is 183 Å². The van der Waals surface area contributed by atoms with Crippen LogP contribution in [0.15, 0.2) is 97.1 Å². The molecule has 1 nitrogen and oxygen atoms in total. The van der Waals surface area contributed by atoms with Crippen molar-refractivity contribution in [2.75, 3.05) is 7.05 Å². The molecule has 0 saturated carbocycles. The third-order valence-corrected chi connectivity index (χ3v) is 38.0. The highest BCUT2D eigenvalue weighted by molar-refractivity contribution is 7.84. The van der Waals surface area contributed by atoms with E-state index in [9.17, 15) is 0 Å². The van der Waals surface area contributed by atoms with Gasteiger partial charge < -0.3 is 0 Å². The molecule has 0 saturated heterocycles. The average Bonchev–Trinajstić information content (AvgIpc) is 3.38. The lowest BCUT2D eigenvalue weighted by molar-refractivity contribution is -0.136. The summed E-state index contributed by atoms with van der Waals surface area (Å²) in [5.41, 5.74) is -0.484. The van der Waals surface area contributed by atoms with E-state index in [0.29, 0.717) is 5.30 Å². The first-order valence-corrected chi connectivity index (χ1v) is 39.6. The van der Waals surface area contributed by atoms with Gasteiger partial charge in [0.1, 0.15) is 0 Å². The molecule has 0 aliphatic heterocycles. The van der Waals surface area contributed by atoms with Crippen LogP contribution in [-0.4, -0.2) is 35.7 Å². The summed E-state index contributed by atoms with van der Waals surface area (Å²) in [6, 6.07) is 47.4. The van der Waals surface area contributed by atoms with Crippen LogP contribution < -0.4 is 36.8 Å². The van der Waals surface area contributed by atoms with Gasteiger partial charge in [-0.05, 0) is 29.0 Å². The van der Waals surface area contributed by atoms with Gasteiger partial charge in [0, 0.05) is 21.4 Å². The molecule has 1 atom stereocenters. The van der Waals surface area contributed by atoms with Crippen molar-refractivity contribution in [1.29, 1.82) is 0 Å². The van der Waals surface area contributed by atoms with Crippen LogP contribution >= 0.6 is 16.1 Å². The van der Waals surface area contributed by atoms with Gasteiger partial charge in [0.25, 0.3) is 0 Å². The first kappa shape index (κ1) is 61.7. The minimum atomic E-state index is -4.48. The Kier molecular flexibility index (Phi) is 27.7. The number of unbranched alkanes of at least 4 members (excludes halogenated alkanes) is 9. The van der Waals surface area contributed by atoms with E-state index in [1.807, 2.05) is 12.1 Å². The maximum absolute atomic E-state index is 15.7. The quantitative estimate of drug-likeness (QED) is 0.0324. The first-order chi connectivity index (χ1) is 34.3. The van der Waals surface area contributed by atoms with E-state index in [2.05, 4.69) is 147 Å². The Morgan fingerprint density at radius 1 is 0.366 bits per heavy atom. The maximum atomic E-state index is 15.7. The number of rotatable bonds is 36. The van der Waals surface area contributed by atoms with Gasteiger partial charge in [0.05, 0.1) is 29.8 Å². The van der Waals surface area contributed by atoms with E-state index in [-0.39, 0.29) is 0 Å². The number of halogens is 3. The summed E-state index contributed by atoms with van der Waals surface area (Å²) in [6.07, 6.45) is 17.5. The smallest absolute Gasteiger partial charge is 0.248 e. The highest BCUT2D eigenvalue weighted by Gasteiger charge is 2.41. The Morgan fingerprint density at radius 3 is 0.901 bits per heavy atom. The summed E-state index contributed by atoms with van der Waals surface area (Å²) in [4.78, 5) is 0. The van der Waals surface area contributed by atoms with Gasteiger partial charge in [-0.25, -0.2) is 4.44 Å². The van der Waals surface area contributed by atoms with E-state index >= 15 is 13.2 Å². The van der Waals surface area contributed by atoms with Crippen LogP contribution in [-0.2, 0) is 6.18 Å². The molecule has 0 aliphatic carbocycles. The molecule has 1 unspecified atom stereocenters. The van der Waals surface area contributed by atoms with E-state index < -0.39 is 52.1 Å². The van der Waals surface area contributed by atoms with Crippen molar-refractivity contribution in [1.82, 2.24) is 4.44 Å². The second-order valence-electron chi connectivity index (χ2n) is 21.6. The minimum Gasteiger partial charge on any atom is -0.248 e. The van der Waals surface area contributed by atoms with Crippen LogP contribution in [0.4, 0.5) is 13.2 Å². The predicted molar refractivity (Wildman–Crippen MR) is 325 cm³/mol. The highest BCUT2D eigenvalue weighted by Crippen LogP contribution is 2.54. The van der Waals surface area contributed by atoms with Crippen molar-refractivity contribution in [2.24, 2.45) is 0 Å². The Balaban J connectivity index is 2.19. The van der Waals surface area contributed by atoms with E-state index in [0.717, 1.165) is 5.30 Å². The van der Waals surface area contributed by atoms with E-state index in [4.69, 9.17) is 0 Å². The number of alkyl halides is 3. The molecule has 0 bridgehead atoms. The van der Waals surface area contributed by atoms with Crippen LogP contribution in [0.3, 0.4) is 0 Å². The topological polar surface area (TPSA) is 3.24 Å². The van der Waals surface area contributed by atoms with Crippen molar-refractivity contribution < 1.29 is 13.2 Å². The molecule has 4 aromatic carbocycles. The first-order valence-electron chi connectivity index (χ1n) is 29.1. The number of benzene rings is 4. The van der Waals surface area contributed by atoms with Gasteiger partial charge in [-0.1, -0.05) is 339 Å². The van der Waals surface area contributed by atoms with Crippen molar-refractivity contribution in [3.8, 4) is 0 Å². The molecule has 0 amide bonds. The van der Waals surface area contributed by atoms with Crippen LogP contribution in [0, 0.1) is 0 Å². The summed E-state index contributed by atoms with van der Waals surface area (Å²) in [5.74, 6) is 0. The Bertz CT molecular complexity index is 1950. The Morgan fingerprint density at radius 2 is 0.634 bits per heavy atom. The number of hydrogen-bond acceptors (Lipinski definition) is 1. The highest BCUT2D eigenvalue weighted by atomic mass is 31.2. The molecular formula is C62H100F3NP2Si3. The fraction of sp³-hybridized carbons (Fsp3) is 0.613. The van der Waals surface area contributed by atoms with Gasteiger partial charge in [0.2, 0.25) is 0 Å². The lowest BCUT2D eigenvalue weighted by atomic mass is 10.2. The standard InChI is InChI=1S/C62H100F3NP2Si3/c1-11-20-42-69(43-21-12-2,44-22-13-3)57-37-31-34-54(51-57)67(55-35-32-38-58(52-55)70(45-23-14-4,46-24-15-5)47-25-16-6)66(10)68(61-41-30-29-40-60(61)62(63,64)65)56-36-33-39-59(53-56)71(48-26-17-7,49-27-18-8)50-28-19-9/h29-41,51-53H,11-28,42-50H2,1-10H3. The Hall–Kier alpha value is -1.86. The van der Waals surface area contributed by atoms with Crippen molar-refractivity contribution in [3.05, 3.63) is 103 Å². The fourth-order valence-corrected chi connectivity index (χ4v) is 35.1. The summed E-state index contributed by atoms with van der Waals surface area (Å²) >= 11 is 0. The summed E-state index contributed by atoms with van der Waals surface area (Å²) in [6.45, 7) is 21.0. The van der Waals surface area contributed by atoms with Gasteiger partial charge in [-0.3, -0.25) is 0 Å². The summed E-state index contributed by atoms with van der Waals surface area (Å²) < 4.78 is 49.7. The average molecular weight is 1060 g/mol. The van der Waals surface area contributed by atoms with Crippen molar-refractivity contribution in [2.45, 2.75) is 238 Å². The molecule has 0 N–H and O–H groups in total. The third kappa shape index (κ3) is 17.1. The SMILES string of the molecule is CCCC[Si](CCCC)(CCCC)c1cccc(P(c2cccc([Si](CCCC)(CCCC)CCCC)c2)N(C)P(c2cccc([Si](CCCC)(CCCC)CCCC)c2)c2ccccc2C(F)(F)F)c1. The zero-order chi connectivity index (χ0) is 51.8. The normalized spacial score (nSPS) is 13.2. The fourth-order valence-electron chi connectivity index (χ4n) is 11.9. The molecule has 0 aromatic heterocycles. The molecule has 396 valence electrons. The van der Waals surface area contributed by atoms with Crippen molar-refractivity contribution in [3.63, 3.8) is 0 Å². The maximum Gasteiger partial charge on any atom is 0.417 e. The molecule has 0 aliphatic rings. The molecule has 0 radical (unpaired) electrons. The lowest BCUT2D eigenvalue weighted by Gasteiger charge is -2.40. The second kappa shape index (κ2) is 31.9. The zero-order valence-electron chi connectivity index (χ0n) is 46.8. The van der Waals surface area contributed by atoms with Gasteiger partial charge in [-0.15, -0.1) is 0 Å². The molecular weight excluding hydrogens is 962 g/mol. The largest absolute Gasteiger partial charge is 0.417 e. The van der Waals surface area contributed by atoms with Gasteiger partial charge in [-0.2, -0.15) is 13.2 Å². The molecule has 9 heteroatoms. The van der Waals surface area contributed by atoms with Crippen LogP contribution in [0.5, 0.6) is 0 Å². The molecule has 0 heterocycles. The molecule has 71 heavy (non-hydrogen) atoms. The summed E-state index contributed by atoms with van der Waals surface area (Å²) in [7, 11) is -6.50. The third-order valence-electron chi connectivity index (χ3n) is 16.2. The second-order valence-corrected chi connectivity index (χ2v) is 40.3. The molecule has 4 aromatic rings. The molecule has 4 rings (SSSR count). The van der Waals surface area contributed by atoms with Crippen molar-refractivity contribution >= 4 is 77.1 Å². The molecule has 0 fully saturated rings. The van der Waals surface area contributed by atoms with E-state index in [1.54, 1.807) is 16.4 Å². The lowest BCUT2D eigenvalue weighted by Crippen LogP contribution is -2.49. The zero-order valence-corrected chi connectivity index (χ0v) is 51.6. The number of hydrogen-bond donors (Lipinski definition) is 0. The van der Waals surface area contributed by atoms with Gasteiger partial charge >= 0.3 is 6.18 Å². The monoisotopic (exact) mass is 1060 g/mol. The Labute approximate surface area is 440 Å². The van der Waals surface area contributed by atoms with Gasteiger partial charge in [0.15, 0.2) is 0 Å². The van der Waals surface area contributed by atoms with E-state index in [1.165, 1.54) is 192 Å². The van der Waals surface area contributed by atoms with Crippen LogP contribution in [0.2, 0.25) is 54.4 Å². The van der Waals surface area contributed by atoms with Crippen LogP contribution in [0.25, 0.3) is 0 Å².